The molecule has 0 saturated carbocycles. The Bertz CT molecular complexity index is 471. The zero-order valence-corrected chi connectivity index (χ0v) is 11.9. The van der Waals surface area contributed by atoms with E-state index in [0.29, 0.717) is 5.56 Å². The van der Waals surface area contributed by atoms with E-state index in [0.717, 1.165) is 24.4 Å². The van der Waals surface area contributed by atoms with Gasteiger partial charge < -0.3 is 10.0 Å². The summed E-state index contributed by atoms with van der Waals surface area (Å²) in [5.41, 5.74) is 1.36. The lowest BCUT2D eigenvalue weighted by atomic mass is 10.1. The molecule has 0 unspecified atom stereocenters. The van der Waals surface area contributed by atoms with Crippen molar-refractivity contribution in [2.24, 2.45) is 0 Å². The van der Waals surface area contributed by atoms with Gasteiger partial charge in [0.15, 0.2) is 0 Å². The van der Waals surface area contributed by atoms with E-state index in [4.69, 9.17) is 0 Å². The highest BCUT2D eigenvalue weighted by Gasteiger charge is 2.30. The van der Waals surface area contributed by atoms with E-state index in [9.17, 15) is 9.90 Å². The quantitative estimate of drug-likeness (QED) is 0.848. The fraction of sp³-hybridized carbons (Fsp3) is 0.500. The van der Waals surface area contributed by atoms with Crippen molar-refractivity contribution in [2.75, 3.05) is 18.8 Å². The summed E-state index contributed by atoms with van der Waals surface area (Å²) in [7, 11) is 0. The molecule has 1 aliphatic rings. The molecule has 1 aromatic carbocycles. The summed E-state index contributed by atoms with van der Waals surface area (Å²) in [5.74, 6) is 1.17. The van der Waals surface area contributed by atoms with Crippen LogP contribution in [0.5, 0.6) is 5.75 Å². The molecule has 2 rings (SSSR count). The van der Waals surface area contributed by atoms with Gasteiger partial charge in [-0.25, -0.2) is 0 Å². The van der Waals surface area contributed by atoms with Crippen LogP contribution in [-0.2, 0) is 0 Å². The third-order valence-corrected chi connectivity index (χ3v) is 4.47. The Hall–Kier alpha value is -1.16. The van der Waals surface area contributed by atoms with Crippen LogP contribution in [0.15, 0.2) is 18.2 Å². The second kappa shape index (κ2) is 4.84. The Balaban J connectivity index is 2.18. The van der Waals surface area contributed by atoms with Gasteiger partial charge in [-0.15, -0.1) is 0 Å². The average molecular weight is 265 g/mol. The number of nitrogens with zero attached hydrogens (tertiary/aromatic N) is 1. The molecule has 0 atom stereocenters. The van der Waals surface area contributed by atoms with Crippen LogP contribution in [0.3, 0.4) is 0 Å². The average Bonchev–Trinajstić information content (AvgIpc) is 2.30. The third-order valence-electron chi connectivity index (χ3n) is 3.17. The second-order valence-electron chi connectivity index (χ2n) is 5.34. The smallest absolute Gasteiger partial charge is 0.254 e. The topological polar surface area (TPSA) is 40.5 Å². The molecule has 0 aromatic heterocycles. The van der Waals surface area contributed by atoms with Crippen molar-refractivity contribution in [2.45, 2.75) is 25.5 Å². The third kappa shape index (κ3) is 2.80. The van der Waals surface area contributed by atoms with Crippen molar-refractivity contribution in [3.8, 4) is 5.75 Å². The maximum Gasteiger partial charge on any atom is 0.254 e. The number of hydrogen-bond acceptors (Lipinski definition) is 3. The lowest BCUT2D eigenvalue weighted by molar-refractivity contribution is 0.0747. The first-order chi connectivity index (χ1) is 8.39. The summed E-state index contributed by atoms with van der Waals surface area (Å²) in [5, 5.41) is 9.68. The Kier molecular flexibility index (Phi) is 3.57. The molecule has 1 amide bonds. The monoisotopic (exact) mass is 265 g/mol. The van der Waals surface area contributed by atoms with Crippen LogP contribution in [0.25, 0.3) is 0 Å². The molecule has 1 aliphatic heterocycles. The van der Waals surface area contributed by atoms with Gasteiger partial charge in [-0.05, 0) is 38.5 Å². The fourth-order valence-electron chi connectivity index (χ4n) is 2.11. The SMILES string of the molecule is Cc1ccc(C(=O)N2CCSC(C)(C)C2)cc1O. The molecular formula is C14H19NO2S. The highest BCUT2D eigenvalue weighted by molar-refractivity contribution is 8.00. The van der Waals surface area contributed by atoms with Crippen LogP contribution in [0, 0.1) is 6.92 Å². The highest BCUT2D eigenvalue weighted by Crippen LogP contribution is 2.30. The van der Waals surface area contributed by atoms with E-state index >= 15 is 0 Å². The van der Waals surface area contributed by atoms with E-state index in [1.165, 1.54) is 0 Å². The molecule has 0 spiro atoms. The number of phenolic OH excluding ortho intramolecular Hbond substituents is 1. The molecule has 1 fully saturated rings. The zero-order chi connectivity index (χ0) is 13.3. The van der Waals surface area contributed by atoms with Crippen molar-refractivity contribution in [3.63, 3.8) is 0 Å². The summed E-state index contributed by atoms with van der Waals surface area (Å²) in [6.45, 7) is 7.67. The molecule has 0 radical (unpaired) electrons. The van der Waals surface area contributed by atoms with E-state index in [-0.39, 0.29) is 16.4 Å². The maximum atomic E-state index is 12.4. The Morgan fingerprint density at radius 1 is 1.44 bits per heavy atom. The van der Waals surface area contributed by atoms with Crippen LogP contribution in [0.4, 0.5) is 0 Å². The highest BCUT2D eigenvalue weighted by atomic mass is 32.2. The minimum Gasteiger partial charge on any atom is -0.508 e. The summed E-state index contributed by atoms with van der Waals surface area (Å²) < 4.78 is 0.112. The second-order valence-corrected chi connectivity index (χ2v) is 7.14. The summed E-state index contributed by atoms with van der Waals surface area (Å²) in [4.78, 5) is 14.2. The van der Waals surface area contributed by atoms with Crippen molar-refractivity contribution < 1.29 is 9.90 Å². The van der Waals surface area contributed by atoms with Gasteiger partial charge in [0.1, 0.15) is 5.75 Å². The molecule has 3 nitrogen and oxygen atoms in total. The number of rotatable bonds is 1. The van der Waals surface area contributed by atoms with E-state index in [1.54, 1.807) is 18.2 Å². The minimum atomic E-state index is 0.0127. The van der Waals surface area contributed by atoms with E-state index < -0.39 is 0 Å². The first kappa shape index (κ1) is 13.3. The normalized spacial score (nSPS) is 18.7. The van der Waals surface area contributed by atoms with Crippen LogP contribution in [0.2, 0.25) is 0 Å². The number of hydrogen-bond donors (Lipinski definition) is 1. The maximum absolute atomic E-state index is 12.4. The van der Waals surface area contributed by atoms with Gasteiger partial charge in [-0.3, -0.25) is 4.79 Å². The predicted octanol–water partition coefficient (Wildman–Crippen LogP) is 2.67. The number of aryl methyl sites for hydroxylation is 1. The first-order valence-corrected chi connectivity index (χ1v) is 7.10. The summed E-state index contributed by atoms with van der Waals surface area (Å²) in [6.07, 6.45) is 0. The summed E-state index contributed by atoms with van der Waals surface area (Å²) >= 11 is 1.90. The number of benzene rings is 1. The molecular weight excluding hydrogens is 246 g/mol. The molecule has 18 heavy (non-hydrogen) atoms. The lowest BCUT2D eigenvalue weighted by Crippen LogP contribution is -2.46. The number of thioether (sulfide) groups is 1. The van der Waals surface area contributed by atoms with E-state index in [1.807, 2.05) is 23.6 Å². The van der Waals surface area contributed by atoms with Crippen molar-refractivity contribution in [1.29, 1.82) is 0 Å². The zero-order valence-electron chi connectivity index (χ0n) is 11.1. The molecule has 0 aliphatic carbocycles. The Morgan fingerprint density at radius 2 is 2.17 bits per heavy atom. The van der Waals surface area contributed by atoms with Crippen LogP contribution in [-0.4, -0.2) is 39.5 Å². The number of phenols is 1. The van der Waals surface area contributed by atoms with Gasteiger partial charge >= 0.3 is 0 Å². The molecule has 1 N–H and O–H groups in total. The predicted molar refractivity (Wildman–Crippen MR) is 75.3 cm³/mol. The van der Waals surface area contributed by atoms with Gasteiger partial charge in [-0.1, -0.05) is 6.07 Å². The van der Waals surface area contributed by atoms with Crippen molar-refractivity contribution >= 4 is 17.7 Å². The molecule has 0 bridgehead atoms. The first-order valence-electron chi connectivity index (χ1n) is 6.12. The number of aromatic hydroxyl groups is 1. The number of amides is 1. The standard InChI is InChI=1S/C14H19NO2S/c1-10-4-5-11(8-12(10)16)13(17)15-6-7-18-14(2,3)9-15/h4-5,8,16H,6-7,9H2,1-3H3. The van der Waals surface area contributed by atoms with Crippen LogP contribution < -0.4 is 0 Å². The molecule has 1 aromatic rings. The van der Waals surface area contributed by atoms with Crippen LogP contribution >= 0.6 is 11.8 Å². The van der Waals surface area contributed by atoms with Gasteiger partial charge in [0, 0.05) is 29.2 Å². The van der Waals surface area contributed by atoms with E-state index in [2.05, 4.69) is 13.8 Å². The van der Waals surface area contributed by atoms with Crippen molar-refractivity contribution in [3.05, 3.63) is 29.3 Å². The number of carbonyl (C=O) groups excluding carboxylic acids is 1. The van der Waals surface area contributed by atoms with Crippen LogP contribution in [0.1, 0.15) is 29.8 Å². The molecule has 1 heterocycles. The van der Waals surface area contributed by atoms with Gasteiger partial charge in [0.25, 0.3) is 5.91 Å². The molecule has 98 valence electrons. The van der Waals surface area contributed by atoms with Gasteiger partial charge in [-0.2, -0.15) is 11.8 Å². The van der Waals surface area contributed by atoms with Gasteiger partial charge in [0.05, 0.1) is 0 Å². The Labute approximate surface area is 112 Å². The largest absolute Gasteiger partial charge is 0.508 e. The molecule has 4 heteroatoms. The fourth-order valence-corrected chi connectivity index (χ4v) is 3.23. The Morgan fingerprint density at radius 3 is 2.78 bits per heavy atom. The molecule has 1 saturated heterocycles. The summed E-state index contributed by atoms with van der Waals surface area (Å²) in [6, 6.07) is 5.13. The number of carbonyl (C=O) groups is 1. The minimum absolute atomic E-state index is 0.0127. The van der Waals surface area contributed by atoms with Crippen molar-refractivity contribution in [1.82, 2.24) is 4.90 Å². The van der Waals surface area contributed by atoms with Gasteiger partial charge in [0.2, 0.25) is 0 Å². The lowest BCUT2D eigenvalue weighted by Gasteiger charge is -2.37.